The minimum Gasteiger partial charge on any atom is -0.314 e. The van der Waals surface area contributed by atoms with Crippen LogP contribution in [-0.4, -0.2) is 0 Å². The van der Waals surface area contributed by atoms with E-state index in [0.29, 0.717) is 0 Å². The summed E-state index contributed by atoms with van der Waals surface area (Å²) in [6.07, 6.45) is 6.62. The van der Waals surface area contributed by atoms with Crippen molar-refractivity contribution in [2.75, 3.05) is 4.90 Å². The molecule has 1 heteroatoms. The van der Waals surface area contributed by atoms with Crippen LogP contribution in [0.2, 0.25) is 0 Å². The van der Waals surface area contributed by atoms with Crippen molar-refractivity contribution in [1.29, 1.82) is 0 Å². The Hall–Kier alpha value is -6.18. The number of rotatable bonds is 5. The Morgan fingerprint density at radius 3 is 1.40 bits per heavy atom. The van der Waals surface area contributed by atoms with Gasteiger partial charge in [0.15, 0.2) is 0 Å². The van der Waals surface area contributed by atoms with Crippen LogP contribution in [0.15, 0.2) is 194 Å². The summed E-state index contributed by atoms with van der Waals surface area (Å²) < 4.78 is 0. The first-order valence-electron chi connectivity index (χ1n) is 17.7. The van der Waals surface area contributed by atoms with E-state index in [9.17, 15) is 0 Å². The molecule has 7 aromatic rings. The number of hydrogen-bond acceptors (Lipinski definition) is 1. The molecule has 3 aliphatic carbocycles. The molecule has 1 spiro atoms. The van der Waals surface area contributed by atoms with E-state index in [4.69, 9.17) is 0 Å². The average Bonchev–Trinajstić information content (AvgIpc) is 3.66. The molecule has 236 valence electrons. The summed E-state index contributed by atoms with van der Waals surface area (Å²) in [5.74, 6) is 0. The lowest BCUT2D eigenvalue weighted by Crippen LogP contribution is -2.26. The van der Waals surface area contributed by atoms with Crippen LogP contribution >= 0.6 is 0 Å². The largest absolute Gasteiger partial charge is 0.314 e. The molecule has 1 nitrogen and oxygen atoms in total. The van der Waals surface area contributed by atoms with Crippen LogP contribution < -0.4 is 4.90 Å². The van der Waals surface area contributed by atoms with Crippen LogP contribution in [0, 0.1) is 0 Å². The molecule has 0 bridgehead atoms. The SMILES string of the molecule is C1=C(c2ccccc2)CCC(N(c2ccc(-c3ccccc3)cc2)c2ccc3c(c2)C2(c4ccccc4-c4ccccc42)c2ccccc2-3)=C1. The van der Waals surface area contributed by atoms with Gasteiger partial charge in [0, 0.05) is 17.1 Å². The molecule has 0 heterocycles. The Kier molecular flexibility index (Phi) is 6.60. The number of hydrogen-bond donors (Lipinski definition) is 0. The van der Waals surface area contributed by atoms with E-state index in [1.807, 2.05) is 0 Å². The Bertz CT molecular complexity index is 2400. The van der Waals surface area contributed by atoms with Gasteiger partial charge in [0.2, 0.25) is 0 Å². The van der Waals surface area contributed by atoms with E-state index >= 15 is 0 Å². The third-order valence-electron chi connectivity index (χ3n) is 11.0. The second-order valence-electron chi connectivity index (χ2n) is 13.6. The monoisotopic (exact) mass is 637 g/mol. The maximum atomic E-state index is 2.50. The molecule has 0 saturated heterocycles. The van der Waals surface area contributed by atoms with Crippen molar-refractivity contribution >= 4 is 16.9 Å². The molecule has 0 N–H and O–H groups in total. The highest BCUT2D eigenvalue weighted by Crippen LogP contribution is 2.63. The van der Waals surface area contributed by atoms with Crippen molar-refractivity contribution in [2.24, 2.45) is 0 Å². The Labute approximate surface area is 294 Å². The number of fused-ring (bicyclic) bond motifs is 10. The van der Waals surface area contributed by atoms with Gasteiger partial charge in [0.1, 0.15) is 0 Å². The van der Waals surface area contributed by atoms with Gasteiger partial charge in [0.25, 0.3) is 0 Å². The van der Waals surface area contributed by atoms with Crippen LogP contribution in [0.3, 0.4) is 0 Å². The van der Waals surface area contributed by atoms with Gasteiger partial charge in [-0.3, -0.25) is 0 Å². The number of allylic oxidation sites excluding steroid dienone is 4. The molecule has 3 aliphatic rings. The van der Waals surface area contributed by atoms with Crippen molar-refractivity contribution in [2.45, 2.75) is 18.3 Å². The van der Waals surface area contributed by atoms with E-state index in [1.165, 1.54) is 83.8 Å². The fraction of sp³-hybridized carbons (Fsp3) is 0.0612. The summed E-state index contributed by atoms with van der Waals surface area (Å²) in [4.78, 5) is 2.50. The molecule has 0 atom stereocenters. The summed E-state index contributed by atoms with van der Waals surface area (Å²) in [6, 6.07) is 64.9. The first kappa shape index (κ1) is 28.8. The van der Waals surface area contributed by atoms with E-state index in [0.717, 1.165) is 12.8 Å². The molecule has 10 rings (SSSR count). The summed E-state index contributed by atoms with van der Waals surface area (Å²) in [5, 5.41) is 0. The lowest BCUT2D eigenvalue weighted by molar-refractivity contribution is 0.793. The van der Waals surface area contributed by atoms with E-state index in [-0.39, 0.29) is 5.41 Å². The number of benzene rings is 7. The predicted molar refractivity (Wildman–Crippen MR) is 208 cm³/mol. The molecule has 7 aromatic carbocycles. The lowest BCUT2D eigenvalue weighted by atomic mass is 9.70. The number of anilines is 2. The van der Waals surface area contributed by atoms with Crippen LogP contribution in [0.25, 0.3) is 39.0 Å². The van der Waals surface area contributed by atoms with Gasteiger partial charge in [-0.2, -0.15) is 0 Å². The van der Waals surface area contributed by atoms with Gasteiger partial charge in [-0.1, -0.05) is 158 Å². The van der Waals surface area contributed by atoms with Crippen molar-refractivity contribution in [3.8, 4) is 33.4 Å². The van der Waals surface area contributed by atoms with Crippen LogP contribution in [0.1, 0.15) is 40.7 Å². The van der Waals surface area contributed by atoms with Crippen molar-refractivity contribution < 1.29 is 0 Å². The molecule has 50 heavy (non-hydrogen) atoms. The zero-order chi connectivity index (χ0) is 33.1. The van der Waals surface area contributed by atoms with Crippen molar-refractivity contribution in [3.63, 3.8) is 0 Å². The first-order valence-corrected chi connectivity index (χ1v) is 17.7. The summed E-state index contributed by atoms with van der Waals surface area (Å²) in [5.41, 5.74) is 19.2. The topological polar surface area (TPSA) is 3.24 Å². The fourth-order valence-electron chi connectivity index (χ4n) is 8.84. The molecule has 0 saturated carbocycles. The predicted octanol–water partition coefficient (Wildman–Crippen LogP) is 12.6. The van der Waals surface area contributed by atoms with Crippen LogP contribution in [-0.2, 0) is 5.41 Å². The highest BCUT2D eigenvalue weighted by molar-refractivity contribution is 5.96. The Balaban J connectivity index is 1.18. The summed E-state index contributed by atoms with van der Waals surface area (Å²) in [6.45, 7) is 0. The standard InChI is InChI=1S/C49H35N/c1-3-13-34(14-4-1)36-23-27-38(28-24-36)50(39-29-25-37(26-30-39)35-15-5-2-6-16-35)40-31-32-44-43-19-9-12-22-47(43)49(48(44)33-40)45-20-10-7-17-41(45)42-18-8-11-21-46(42)49/h1-25,27-29,31-33H,26,30H2. The van der Waals surface area contributed by atoms with Gasteiger partial charge in [-0.15, -0.1) is 0 Å². The third kappa shape index (κ3) is 4.27. The quantitative estimate of drug-likeness (QED) is 0.181. The third-order valence-corrected chi connectivity index (χ3v) is 11.0. The summed E-state index contributed by atoms with van der Waals surface area (Å²) in [7, 11) is 0. The molecular formula is C49H35N. The maximum Gasteiger partial charge on any atom is 0.0726 e. The van der Waals surface area contributed by atoms with E-state index in [1.54, 1.807) is 0 Å². The smallest absolute Gasteiger partial charge is 0.0726 e. The highest BCUT2D eigenvalue weighted by atomic mass is 15.1. The molecule has 0 radical (unpaired) electrons. The zero-order valence-electron chi connectivity index (χ0n) is 27.8. The second kappa shape index (κ2) is 11.5. The highest BCUT2D eigenvalue weighted by Gasteiger charge is 2.51. The van der Waals surface area contributed by atoms with Gasteiger partial charge < -0.3 is 4.90 Å². The second-order valence-corrected chi connectivity index (χ2v) is 13.6. The fourth-order valence-corrected chi connectivity index (χ4v) is 8.84. The van der Waals surface area contributed by atoms with Crippen LogP contribution in [0.5, 0.6) is 0 Å². The van der Waals surface area contributed by atoms with Crippen molar-refractivity contribution in [3.05, 3.63) is 222 Å². The van der Waals surface area contributed by atoms with Gasteiger partial charge in [0.05, 0.1) is 5.41 Å². The molecule has 0 aromatic heterocycles. The molecule has 0 fully saturated rings. The Morgan fingerprint density at radius 2 is 0.840 bits per heavy atom. The normalized spacial score (nSPS) is 14.6. The lowest BCUT2D eigenvalue weighted by Gasteiger charge is -2.33. The number of nitrogens with zero attached hydrogens (tertiary/aromatic N) is 1. The molecule has 0 amide bonds. The average molecular weight is 638 g/mol. The van der Waals surface area contributed by atoms with Crippen molar-refractivity contribution in [1.82, 2.24) is 0 Å². The zero-order valence-corrected chi connectivity index (χ0v) is 27.8. The van der Waals surface area contributed by atoms with E-state index in [2.05, 4.69) is 193 Å². The van der Waals surface area contributed by atoms with Gasteiger partial charge in [-0.05, 0) is 110 Å². The Morgan fingerprint density at radius 1 is 0.360 bits per heavy atom. The van der Waals surface area contributed by atoms with Crippen LogP contribution in [0.4, 0.5) is 11.4 Å². The molecule has 0 aliphatic heterocycles. The first-order chi connectivity index (χ1) is 24.8. The van der Waals surface area contributed by atoms with Gasteiger partial charge >= 0.3 is 0 Å². The van der Waals surface area contributed by atoms with Gasteiger partial charge in [-0.25, -0.2) is 0 Å². The maximum absolute atomic E-state index is 2.50. The molecule has 0 unspecified atom stereocenters. The van der Waals surface area contributed by atoms with E-state index < -0.39 is 0 Å². The minimum atomic E-state index is -0.376. The molecular weight excluding hydrogens is 603 g/mol. The minimum absolute atomic E-state index is 0.376. The summed E-state index contributed by atoms with van der Waals surface area (Å²) >= 11 is 0.